The first-order valence-corrected chi connectivity index (χ1v) is 20.7. The van der Waals surface area contributed by atoms with E-state index in [2.05, 4.69) is 203 Å². The summed E-state index contributed by atoms with van der Waals surface area (Å²) < 4.78 is 2.35. The van der Waals surface area contributed by atoms with E-state index < -0.39 is 0 Å². The molecular formula is C48H42B8N2. The molecule has 0 fully saturated rings. The Hall–Kier alpha value is -5.73. The third-order valence-electron chi connectivity index (χ3n) is 14.3. The first-order chi connectivity index (χ1) is 27.9. The van der Waals surface area contributed by atoms with Crippen LogP contribution in [0.25, 0.3) is 83.0 Å². The topological polar surface area (TPSA) is 17.8 Å². The average Bonchev–Trinajstić information content (AvgIpc) is 3.75. The van der Waals surface area contributed by atoms with Gasteiger partial charge in [0.15, 0.2) is 0 Å². The summed E-state index contributed by atoms with van der Waals surface area (Å²) in [6, 6.07) is 44.6. The second kappa shape index (κ2) is 13.1. The second-order valence-electron chi connectivity index (χ2n) is 17.3. The molecule has 10 rings (SSSR count). The van der Waals surface area contributed by atoms with Gasteiger partial charge in [0.2, 0.25) is 0 Å². The quantitative estimate of drug-likeness (QED) is 0.163. The highest BCUT2D eigenvalue weighted by Gasteiger charge is 2.36. The average molecular weight is 733 g/mol. The van der Waals surface area contributed by atoms with Crippen LogP contribution in [0, 0.1) is 0 Å². The Bertz CT molecular complexity index is 3160. The van der Waals surface area contributed by atoms with Gasteiger partial charge in [0.1, 0.15) is 68.6 Å². The Morgan fingerprint density at radius 3 is 1.53 bits per heavy atom. The molecule has 58 heavy (non-hydrogen) atoms. The van der Waals surface area contributed by atoms with Gasteiger partial charge in [-0.15, -0.1) is 21.9 Å². The van der Waals surface area contributed by atoms with E-state index in [1.54, 1.807) is 0 Å². The van der Waals surface area contributed by atoms with Gasteiger partial charge in [-0.05, 0) is 96.4 Å². The van der Waals surface area contributed by atoms with Crippen LogP contribution in [0.5, 0.6) is 0 Å². The monoisotopic (exact) mass is 734 g/mol. The molecule has 0 N–H and O–H groups in total. The SMILES string of the molecule is Bc1c(B)c(B)c2c(-c3ccccc3-c3nc4ccccc4n3-c3ccccc3)c3c(B)c(B)c(B)c(B)c3c(-c3ccc4c(c3)C(C)(C)c3ccccc3-4)c2c1B. The highest BCUT2D eigenvalue weighted by Crippen LogP contribution is 2.51. The molecule has 1 aliphatic carbocycles. The number of hydrogen-bond donors (Lipinski definition) is 0. The number of fused-ring (bicyclic) bond motifs is 6. The molecule has 2 nitrogen and oxygen atoms in total. The summed E-state index contributed by atoms with van der Waals surface area (Å²) in [6.45, 7) is 4.79. The molecule has 0 unspecified atom stereocenters. The molecule has 0 bridgehead atoms. The van der Waals surface area contributed by atoms with Crippen LogP contribution < -0.4 is 43.7 Å². The fraction of sp³-hybridized carbons (Fsp3) is 0.0625. The zero-order chi connectivity index (χ0) is 40.4. The van der Waals surface area contributed by atoms with Crippen molar-refractivity contribution in [3.63, 3.8) is 0 Å². The van der Waals surface area contributed by atoms with Crippen molar-refractivity contribution in [2.75, 3.05) is 0 Å². The Kier molecular flexibility index (Phi) is 8.30. The minimum Gasteiger partial charge on any atom is -0.292 e. The fourth-order valence-corrected chi connectivity index (χ4v) is 10.5. The molecule has 0 spiro atoms. The molecule has 0 amide bonds. The molecule has 0 saturated heterocycles. The normalized spacial score (nSPS) is 13.0. The first kappa shape index (κ1) is 36.6. The number of para-hydroxylation sites is 3. The summed E-state index contributed by atoms with van der Waals surface area (Å²) in [7, 11) is 18.7. The smallest absolute Gasteiger partial charge is 0.146 e. The molecule has 1 aromatic heterocycles. The summed E-state index contributed by atoms with van der Waals surface area (Å²) in [4.78, 5) is 5.44. The van der Waals surface area contributed by atoms with Gasteiger partial charge in [0.25, 0.3) is 0 Å². The van der Waals surface area contributed by atoms with E-state index in [1.807, 2.05) is 0 Å². The molecule has 0 aliphatic heterocycles. The van der Waals surface area contributed by atoms with Gasteiger partial charge in [-0.25, -0.2) is 4.98 Å². The van der Waals surface area contributed by atoms with E-state index >= 15 is 0 Å². The van der Waals surface area contributed by atoms with Crippen LogP contribution in [-0.2, 0) is 5.41 Å². The Morgan fingerprint density at radius 1 is 0.431 bits per heavy atom. The largest absolute Gasteiger partial charge is 0.292 e. The number of hydrogen-bond acceptors (Lipinski definition) is 1. The van der Waals surface area contributed by atoms with Crippen LogP contribution in [0.3, 0.4) is 0 Å². The van der Waals surface area contributed by atoms with Gasteiger partial charge in [-0.3, -0.25) is 4.57 Å². The zero-order valence-corrected chi connectivity index (χ0v) is 35.4. The Balaban J connectivity index is 1.40. The summed E-state index contributed by atoms with van der Waals surface area (Å²) in [5.41, 5.74) is 25.7. The van der Waals surface area contributed by atoms with Crippen LogP contribution >= 0.6 is 0 Å². The molecule has 1 heterocycles. The highest BCUT2D eigenvalue weighted by molar-refractivity contribution is 6.71. The van der Waals surface area contributed by atoms with Crippen molar-refractivity contribution in [3.8, 4) is 50.5 Å². The summed E-state index contributed by atoms with van der Waals surface area (Å²) in [5, 5.41) is 5.39. The molecule has 9 aromatic rings. The predicted octanol–water partition coefficient (Wildman–Crippen LogP) is -1.29. The third-order valence-corrected chi connectivity index (χ3v) is 14.3. The zero-order valence-electron chi connectivity index (χ0n) is 35.4. The maximum atomic E-state index is 5.44. The van der Waals surface area contributed by atoms with Gasteiger partial charge >= 0.3 is 0 Å². The van der Waals surface area contributed by atoms with Gasteiger partial charge in [0, 0.05) is 16.7 Å². The van der Waals surface area contributed by atoms with Gasteiger partial charge in [-0.1, -0.05) is 127 Å². The lowest BCUT2D eigenvalue weighted by Gasteiger charge is -2.29. The minimum atomic E-state index is -0.106. The summed E-state index contributed by atoms with van der Waals surface area (Å²) in [6.07, 6.45) is 0. The van der Waals surface area contributed by atoms with Crippen LogP contribution in [0.1, 0.15) is 25.0 Å². The highest BCUT2D eigenvalue weighted by atomic mass is 15.1. The third kappa shape index (κ3) is 5.00. The van der Waals surface area contributed by atoms with Crippen molar-refractivity contribution < 1.29 is 0 Å². The van der Waals surface area contributed by atoms with Crippen molar-refractivity contribution in [1.29, 1.82) is 0 Å². The maximum Gasteiger partial charge on any atom is 0.146 e. The number of benzene rings is 8. The molecule has 0 saturated carbocycles. The fourth-order valence-electron chi connectivity index (χ4n) is 10.5. The molecule has 0 radical (unpaired) electrons. The van der Waals surface area contributed by atoms with Crippen molar-refractivity contribution >= 4 is 139 Å². The van der Waals surface area contributed by atoms with Crippen molar-refractivity contribution in [2.24, 2.45) is 0 Å². The van der Waals surface area contributed by atoms with E-state index in [-0.39, 0.29) is 5.41 Å². The lowest BCUT2D eigenvalue weighted by Crippen LogP contribution is -2.50. The number of rotatable bonds is 4. The van der Waals surface area contributed by atoms with Crippen LogP contribution in [-0.4, -0.2) is 72.3 Å². The van der Waals surface area contributed by atoms with Crippen molar-refractivity contribution in [2.45, 2.75) is 19.3 Å². The number of imidazole rings is 1. The van der Waals surface area contributed by atoms with Gasteiger partial charge < -0.3 is 0 Å². The van der Waals surface area contributed by atoms with E-state index in [4.69, 9.17) is 4.98 Å². The number of aromatic nitrogens is 2. The Morgan fingerprint density at radius 2 is 0.914 bits per heavy atom. The molecule has 0 atom stereocenters. The Labute approximate surface area is 349 Å². The van der Waals surface area contributed by atoms with Crippen LogP contribution in [0.4, 0.5) is 0 Å². The molecule has 8 aromatic carbocycles. The van der Waals surface area contributed by atoms with E-state index in [0.717, 1.165) is 28.1 Å². The molecule has 268 valence electrons. The van der Waals surface area contributed by atoms with E-state index in [1.165, 1.54) is 110 Å². The minimum absolute atomic E-state index is 0.106. The van der Waals surface area contributed by atoms with Crippen LogP contribution in [0.2, 0.25) is 0 Å². The maximum absolute atomic E-state index is 5.44. The summed E-state index contributed by atoms with van der Waals surface area (Å²) >= 11 is 0. The lowest BCUT2D eigenvalue weighted by molar-refractivity contribution is 0.660. The lowest BCUT2D eigenvalue weighted by atomic mass is 9.59. The molecule has 10 heteroatoms. The molecule has 1 aliphatic rings. The van der Waals surface area contributed by atoms with Crippen molar-refractivity contribution in [3.05, 3.63) is 132 Å². The predicted molar refractivity (Wildman–Crippen MR) is 275 cm³/mol. The standard InChI is InChI=1S/C48H42B8N2/c1-48(2)29-17-9-8-14-25(29)26-21-20-23(22-30(26)48)33-35-37(41(51)45(55)43(53)39(35)49)34(38-36(33)40(50)44(54)46(56)42(38)52)27-15-6-7-16-28(27)47-57-31-18-10-11-19-32(31)58(47)24-12-4-3-5-13-24/h3-22H,49-56H2,1-2H3. The summed E-state index contributed by atoms with van der Waals surface area (Å²) in [5.74, 6) is 0.949. The van der Waals surface area contributed by atoms with Crippen molar-refractivity contribution in [1.82, 2.24) is 9.55 Å². The first-order valence-electron chi connectivity index (χ1n) is 20.7. The van der Waals surface area contributed by atoms with E-state index in [0.29, 0.717) is 0 Å². The molecular weight excluding hydrogens is 691 g/mol. The van der Waals surface area contributed by atoms with Gasteiger partial charge in [0.05, 0.1) is 11.0 Å². The van der Waals surface area contributed by atoms with Crippen LogP contribution in [0.15, 0.2) is 121 Å². The second-order valence-corrected chi connectivity index (χ2v) is 17.3. The van der Waals surface area contributed by atoms with Gasteiger partial charge in [-0.2, -0.15) is 0 Å². The number of nitrogens with zero attached hydrogens (tertiary/aromatic N) is 2. The van der Waals surface area contributed by atoms with E-state index in [9.17, 15) is 0 Å².